The number of aryl methyl sites for hydroxylation is 1. The first-order chi connectivity index (χ1) is 12.1. The molecule has 0 radical (unpaired) electrons. The molecule has 3 rings (SSSR count). The molecule has 1 saturated heterocycles. The molecule has 1 fully saturated rings. The first-order valence-corrected chi connectivity index (χ1v) is 9.25. The van der Waals surface area contributed by atoms with Crippen molar-refractivity contribution in [1.82, 2.24) is 4.90 Å². The van der Waals surface area contributed by atoms with Crippen LogP contribution in [0.1, 0.15) is 15.2 Å². The molecule has 0 bridgehead atoms. The highest BCUT2D eigenvalue weighted by Gasteiger charge is 2.25. The van der Waals surface area contributed by atoms with E-state index in [4.69, 9.17) is 21.7 Å². The van der Waals surface area contributed by atoms with E-state index in [1.807, 2.05) is 37.3 Å². The quantitative estimate of drug-likeness (QED) is 0.653. The average molecular weight is 377 g/mol. The minimum atomic E-state index is -0.365. The number of thiophene rings is 1. The number of methoxy groups -OCH3 is 1. The average Bonchev–Trinajstić information content (AvgIpc) is 2.98. The van der Waals surface area contributed by atoms with Crippen molar-refractivity contribution in [2.24, 2.45) is 0 Å². The third-order valence-corrected chi connectivity index (χ3v) is 5.44. The van der Waals surface area contributed by atoms with Crippen LogP contribution in [-0.4, -0.2) is 49.4 Å². The van der Waals surface area contributed by atoms with Gasteiger partial charge < -0.3 is 19.7 Å². The number of morpholine rings is 1. The Kier molecular flexibility index (Phi) is 5.67. The number of thiocarbonyl (C=S) groups is 1. The number of hydrogen-bond acceptors (Lipinski definition) is 5. The second kappa shape index (κ2) is 7.95. The van der Waals surface area contributed by atoms with E-state index in [9.17, 15) is 4.79 Å². The summed E-state index contributed by atoms with van der Waals surface area (Å²) in [5.41, 5.74) is 2.42. The van der Waals surface area contributed by atoms with Crippen LogP contribution in [0.2, 0.25) is 0 Å². The summed E-state index contributed by atoms with van der Waals surface area (Å²) in [6.45, 7) is 4.81. The lowest BCUT2D eigenvalue weighted by Gasteiger charge is -2.29. The van der Waals surface area contributed by atoms with Crippen molar-refractivity contribution >= 4 is 39.6 Å². The van der Waals surface area contributed by atoms with Crippen molar-refractivity contribution in [1.29, 1.82) is 0 Å². The summed E-state index contributed by atoms with van der Waals surface area (Å²) in [7, 11) is 1.40. The first-order valence-electron chi connectivity index (χ1n) is 8.02. The van der Waals surface area contributed by atoms with Gasteiger partial charge in [-0.25, -0.2) is 4.79 Å². The van der Waals surface area contributed by atoms with Crippen LogP contribution in [0.25, 0.3) is 11.1 Å². The summed E-state index contributed by atoms with van der Waals surface area (Å²) >= 11 is 7.04. The summed E-state index contributed by atoms with van der Waals surface area (Å²) in [6, 6.07) is 9.85. The van der Waals surface area contributed by atoms with E-state index in [0.717, 1.165) is 34.1 Å². The molecular formula is C18H20N2O3S2. The van der Waals surface area contributed by atoms with Gasteiger partial charge >= 0.3 is 5.97 Å². The Bertz CT molecular complexity index is 768. The van der Waals surface area contributed by atoms with Gasteiger partial charge in [0.25, 0.3) is 0 Å². The Morgan fingerprint density at radius 1 is 1.28 bits per heavy atom. The minimum Gasteiger partial charge on any atom is -0.465 e. The highest BCUT2D eigenvalue weighted by molar-refractivity contribution is 7.80. The van der Waals surface area contributed by atoms with Gasteiger partial charge in [0.2, 0.25) is 0 Å². The van der Waals surface area contributed by atoms with Crippen LogP contribution < -0.4 is 5.32 Å². The van der Waals surface area contributed by atoms with E-state index >= 15 is 0 Å². The van der Waals surface area contributed by atoms with Crippen molar-refractivity contribution in [3.63, 3.8) is 0 Å². The summed E-state index contributed by atoms with van der Waals surface area (Å²) in [5, 5.41) is 4.57. The van der Waals surface area contributed by atoms with Gasteiger partial charge in [0.05, 0.1) is 20.3 Å². The number of nitrogens with zero attached hydrogens (tertiary/aromatic N) is 1. The maximum atomic E-state index is 12.5. The molecule has 25 heavy (non-hydrogen) atoms. The number of rotatable bonds is 3. The van der Waals surface area contributed by atoms with Crippen LogP contribution in [0.15, 0.2) is 30.3 Å². The van der Waals surface area contributed by atoms with Gasteiger partial charge in [-0.15, -0.1) is 11.3 Å². The molecule has 1 N–H and O–H groups in total. The number of benzene rings is 1. The van der Waals surface area contributed by atoms with E-state index in [-0.39, 0.29) is 5.97 Å². The van der Waals surface area contributed by atoms with Crippen LogP contribution >= 0.6 is 23.6 Å². The number of nitrogens with one attached hydrogen (secondary N) is 1. The van der Waals surface area contributed by atoms with E-state index in [1.54, 1.807) is 0 Å². The predicted octanol–water partition coefficient (Wildman–Crippen LogP) is 3.54. The van der Waals surface area contributed by atoms with Crippen LogP contribution in [0.5, 0.6) is 0 Å². The summed E-state index contributed by atoms with van der Waals surface area (Å²) in [4.78, 5) is 15.6. The zero-order chi connectivity index (χ0) is 17.8. The van der Waals surface area contributed by atoms with Gasteiger partial charge in [-0.05, 0) is 24.7 Å². The molecule has 132 valence electrons. The zero-order valence-corrected chi connectivity index (χ0v) is 15.8. The van der Waals surface area contributed by atoms with Crippen LogP contribution in [-0.2, 0) is 9.47 Å². The monoisotopic (exact) mass is 376 g/mol. The molecule has 1 aliphatic rings. The molecule has 0 atom stereocenters. The van der Waals surface area contributed by atoms with E-state index in [0.29, 0.717) is 23.9 Å². The maximum absolute atomic E-state index is 12.5. The van der Waals surface area contributed by atoms with Gasteiger partial charge in [0.1, 0.15) is 10.6 Å². The predicted molar refractivity (Wildman–Crippen MR) is 104 cm³/mol. The molecule has 0 amide bonds. The third-order valence-electron chi connectivity index (χ3n) is 4.06. The summed E-state index contributed by atoms with van der Waals surface area (Å²) in [5.74, 6) is -0.365. The molecular weight excluding hydrogens is 356 g/mol. The van der Waals surface area contributed by atoms with Crippen LogP contribution in [0.4, 0.5) is 5.00 Å². The zero-order valence-electron chi connectivity index (χ0n) is 14.2. The van der Waals surface area contributed by atoms with Gasteiger partial charge in [-0.1, -0.05) is 30.3 Å². The Morgan fingerprint density at radius 2 is 1.96 bits per heavy atom. The summed E-state index contributed by atoms with van der Waals surface area (Å²) < 4.78 is 10.4. The number of ether oxygens (including phenoxy) is 2. The number of esters is 1. The van der Waals surface area contributed by atoms with Crippen molar-refractivity contribution < 1.29 is 14.3 Å². The molecule has 1 aromatic carbocycles. The lowest BCUT2D eigenvalue weighted by Crippen LogP contribution is -2.42. The summed E-state index contributed by atoms with van der Waals surface area (Å²) in [6.07, 6.45) is 0. The molecule has 7 heteroatoms. The topological polar surface area (TPSA) is 50.8 Å². The van der Waals surface area contributed by atoms with Crippen molar-refractivity contribution in [3.8, 4) is 11.1 Å². The molecule has 2 aromatic rings. The van der Waals surface area contributed by atoms with Crippen molar-refractivity contribution in [3.05, 3.63) is 40.8 Å². The van der Waals surface area contributed by atoms with Gasteiger partial charge in [0, 0.05) is 23.5 Å². The standard InChI is InChI=1S/C18H20N2O3S2/c1-12-14(13-6-4-3-5-7-13)15(17(21)22-2)16(25-12)19-18(24)20-8-10-23-11-9-20/h3-7H,8-11H2,1-2H3,(H,19,24). The second-order valence-electron chi connectivity index (χ2n) is 5.62. The number of anilines is 1. The molecule has 0 saturated carbocycles. The van der Waals surface area contributed by atoms with Gasteiger partial charge in [-0.3, -0.25) is 0 Å². The highest BCUT2D eigenvalue weighted by Crippen LogP contribution is 2.40. The van der Waals surface area contributed by atoms with Crippen molar-refractivity contribution in [2.75, 3.05) is 38.7 Å². The van der Waals surface area contributed by atoms with E-state index in [2.05, 4.69) is 10.2 Å². The van der Waals surface area contributed by atoms with Crippen molar-refractivity contribution in [2.45, 2.75) is 6.92 Å². The SMILES string of the molecule is COC(=O)c1c(NC(=S)N2CCOCC2)sc(C)c1-c1ccccc1. The number of carbonyl (C=O) groups excluding carboxylic acids is 1. The molecule has 5 nitrogen and oxygen atoms in total. The molecule has 1 aromatic heterocycles. The maximum Gasteiger partial charge on any atom is 0.341 e. The lowest BCUT2D eigenvalue weighted by molar-refractivity contribution is 0.0603. The van der Waals surface area contributed by atoms with E-state index in [1.165, 1.54) is 18.4 Å². The van der Waals surface area contributed by atoms with Crippen LogP contribution in [0.3, 0.4) is 0 Å². The van der Waals surface area contributed by atoms with Gasteiger partial charge in [0.15, 0.2) is 5.11 Å². The number of carbonyl (C=O) groups is 1. The fourth-order valence-electron chi connectivity index (χ4n) is 2.82. The minimum absolute atomic E-state index is 0.365. The largest absolute Gasteiger partial charge is 0.465 e. The normalized spacial score (nSPS) is 14.2. The third kappa shape index (κ3) is 3.84. The first kappa shape index (κ1) is 17.8. The second-order valence-corrected chi connectivity index (χ2v) is 7.24. The highest BCUT2D eigenvalue weighted by atomic mass is 32.1. The van der Waals surface area contributed by atoms with Gasteiger partial charge in [-0.2, -0.15) is 0 Å². The Labute approximate surface area is 156 Å². The lowest BCUT2D eigenvalue weighted by atomic mass is 10.0. The molecule has 0 aliphatic carbocycles. The smallest absolute Gasteiger partial charge is 0.341 e. The molecule has 2 heterocycles. The number of hydrogen-bond donors (Lipinski definition) is 1. The Hall–Kier alpha value is -1.96. The van der Waals surface area contributed by atoms with Crippen LogP contribution in [0, 0.1) is 6.92 Å². The Balaban J connectivity index is 1.96. The molecule has 1 aliphatic heterocycles. The molecule has 0 unspecified atom stereocenters. The molecule has 0 spiro atoms. The Morgan fingerprint density at radius 3 is 2.60 bits per heavy atom. The van der Waals surface area contributed by atoms with E-state index < -0.39 is 0 Å². The fraction of sp³-hybridized carbons (Fsp3) is 0.333. The fourth-order valence-corrected chi connectivity index (χ4v) is 4.24.